The molecule has 1 amide bonds. The summed E-state index contributed by atoms with van der Waals surface area (Å²) in [5.41, 5.74) is 7.73. The number of rotatable bonds is 5. The Kier molecular flexibility index (Phi) is 6.12. The van der Waals surface area contributed by atoms with E-state index in [4.69, 9.17) is 22.7 Å². The molecule has 1 saturated heterocycles. The van der Waals surface area contributed by atoms with Crippen molar-refractivity contribution in [2.24, 2.45) is 11.7 Å². The van der Waals surface area contributed by atoms with Crippen molar-refractivity contribution in [3.63, 3.8) is 0 Å². The monoisotopic (exact) mass is 352 g/mol. The van der Waals surface area contributed by atoms with Crippen molar-refractivity contribution in [1.82, 2.24) is 4.57 Å². The number of quaternary nitrogens is 1. The lowest BCUT2D eigenvalue weighted by Crippen LogP contribution is -3.12. The number of aromatic nitrogens is 1. The number of nitrogens with zero attached hydrogens (tertiary/aromatic N) is 1. The van der Waals surface area contributed by atoms with Crippen molar-refractivity contribution in [3.05, 3.63) is 27.5 Å². The lowest BCUT2D eigenvalue weighted by atomic mass is 9.97. The summed E-state index contributed by atoms with van der Waals surface area (Å²) in [6.45, 7) is 8.54. The second kappa shape index (κ2) is 7.90. The molecule has 0 saturated carbocycles. The van der Waals surface area contributed by atoms with Gasteiger partial charge in [-0.3, -0.25) is 14.2 Å². The molecule has 0 unspecified atom stereocenters. The Morgan fingerprint density at radius 1 is 1.38 bits per heavy atom. The Morgan fingerprint density at radius 2 is 2.00 bits per heavy atom. The fraction of sp³-hybridized carbons (Fsp3) is 0.588. The molecule has 132 valence electrons. The quantitative estimate of drug-likeness (QED) is 0.605. The van der Waals surface area contributed by atoms with Crippen LogP contribution in [0, 0.1) is 24.4 Å². The Labute approximate surface area is 147 Å². The largest absolute Gasteiger partial charge is 0.466 e. The van der Waals surface area contributed by atoms with Crippen LogP contribution in [-0.2, 0) is 16.2 Å². The molecule has 0 aliphatic carbocycles. The van der Waals surface area contributed by atoms with Gasteiger partial charge >= 0.3 is 5.97 Å². The number of carbonyl (C=O) groups excluding carboxylic acids is 2. The van der Waals surface area contributed by atoms with Crippen molar-refractivity contribution in [2.75, 3.05) is 19.7 Å². The number of pyridine rings is 1. The van der Waals surface area contributed by atoms with E-state index >= 15 is 0 Å². The molecule has 7 heteroatoms. The second-order valence-corrected chi connectivity index (χ2v) is 6.76. The molecule has 2 heterocycles. The Hall–Kier alpha value is -1.73. The van der Waals surface area contributed by atoms with Crippen LogP contribution < -0.4 is 10.6 Å². The van der Waals surface area contributed by atoms with E-state index in [0.29, 0.717) is 23.5 Å². The van der Waals surface area contributed by atoms with Gasteiger partial charge in [0.1, 0.15) is 4.64 Å². The molecule has 1 aliphatic rings. The number of aryl methyl sites for hydroxylation is 2. The van der Waals surface area contributed by atoms with Gasteiger partial charge in [-0.25, -0.2) is 0 Å². The predicted octanol–water partition coefficient (Wildman–Crippen LogP) is 0.749. The first-order valence-electron chi connectivity index (χ1n) is 8.36. The van der Waals surface area contributed by atoms with Gasteiger partial charge in [0.05, 0.1) is 31.2 Å². The SMILES string of the molecule is CCOC(=O)C1CC[NH+](Cn2c(C)cc(C)c(C(N)=O)c2=S)CC1. The van der Waals surface area contributed by atoms with Crippen molar-refractivity contribution in [1.29, 1.82) is 0 Å². The number of amides is 1. The maximum absolute atomic E-state index is 11.8. The summed E-state index contributed by atoms with van der Waals surface area (Å²) in [5, 5.41) is 0. The molecule has 6 nitrogen and oxygen atoms in total. The Bertz CT molecular complexity index is 691. The minimum Gasteiger partial charge on any atom is -0.466 e. The Morgan fingerprint density at radius 3 is 2.54 bits per heavy atom. The number of ether oxygens (including phenoxy) is 1. The second-order valence-electron chi connectivity index (χ2n) is 6.38. The van der Waals surface area contributed by atoms with Gasteiger partial charge in [-0.2, -0.15) is 0 Å². The fourth-order valence-electron chi connectivity index (χ4n) is 3.33. The van der Waals surface area contributed by atoms with Crippen LogP contribution >= 0.6 is 12.2 Å². The standard InChI is InChI=1S/C17H25N3O3S/c1-4-23-17(22)13-5-7-19(8-6-13)10-20-12(3)9-11(2)14(15(18)21)16(20)24/h9,13H,4-8,10H2,1-3H3,(H2,18,21)/p+1. The molecule has 0 radical (unpaired) electrons. The summed E-state index contributed by atoms with van der Waals surface area (Å²) < 4.78 is 7.58. The highest BCUT2D eigenvalue weighted by Gasteiger charge is 2.28. The van der Waals surface area contributed by atoms with Crippen molar-refractivity contribution in [2.45, 2.75) is 40.3 Å². The smallest absolute Gasteiger partial charge is 0.309 e. The number of piperidine rings is 1. The molecule has 0 aromatic carbocycles. The molecule has 1 aromatic heterocycles. The zero-order valence-corrected chi connectivity index (χ0v) is 15.4. The van der Waals surface area contributed by atoms with Crippen molar-refractivity contribution < 1.29 is 19.2 Å². The lowest BCUT2D eigenvalue weighted by Gasteiger charge is -2.29. The van der Waals surface area contributed by atoms with E-state index in [1.54, 1.807) is 0 Å². The third-order valence-electron chi connectivity index (χ3n) is 4.65. The van der Waals surface area contributed by atoms with Gasteiger partial charge in [0.15, 0.2) is 6.67 Å². The first-order valence-corrected chi connectivity index (χ1v) is 8.77. The molecular formula is C17H26N3O3S+. The number of carbonyl (C=O) groups is 2. The number of esters is 1. The van der Waals surface area contributed by atoms with Gasteiger partial charge in [-0.05, 0) is 32.4 Å². The number of nitrogens with two attached hydrogens (primary N) is 1. The summed E-state index contributed by atoms with van der Waals surface area (Å²) >= 11 is 5.49. The molecule has 2 rings (SSSR count). The summed E-state index contributed by atoms with van der Waals surface area (Å²) in [7, 11) is 0. The third-order valence-corrected chi connectivity index (χ3v) is 5.07. The van der Waals surface area contributed by atoms with Crippen LogP contribution in [0.3, 0.4) is 0 Å². The number of nitrogens with one attached hydrogen (secondary N) is 1. The van der Waals surface area contributed by atoms with E-state index in [-0.39, 0.29) is 11.9 Å². The van der Waals surface area contributed by atoms with E-state index in [1.165, 1.54) is 4.90 Å². The first kappa shape index (κ1) is 18.6. The molecule has 1 aliphatic heterocycles. The minimum atomic E-state index is -0.484. The number of hydrogen-bond acceptors (Lipinski definition) is 4. The van der Waals surface area contributed by atoms with E-state index < -0.39 is 5.91 Å². The van der Waals surface area contributed by atoms with Crippen LogP contribution in [0.4, 0.5) is 0 Å². The molecule has 0 bridgehead atoms. The van der Waals surface area contributed by atoms with Gasteiger partial charge in [-0.1, -0.05) is 12.2 Å². The van der Waals surface area contributed by atoms with Gasteiger partial charge in [-0.15, -0.1) is 0 Å². The average Bonchev–Trinajstić information content (AvgIpc) is 2.51. The van der Waals surface area contributed by atoms with Crippen LogP contribution in [0.25, 0.3) is 0 Å². The van der Waals surface area contributed by atoms with E-state index in [0.717, 1.165) is 37.2 Å². The zero-order valence-electron chi connectivity index (χ0n) is 14.6. The normalized spacial score (nSPS) is 20.6. The van der Waals surface area contributed by atoms with E-state index in [2.05, 4.69) is 0 Å². The highest BCUT2D eigenvalue weighted by Crippen LogP contribution is 2.14. The van der Waals surface area contributed by atoms with Crippen LogP contribution in [0.2, 0.25) is 0 Å². The van der Waals surface area contributed by atoms with Crippen molar-refractivity contribution in [3.8, 4) is 0 Å². The molecular weight excluding hydrogens is 326 g/mol. The van der Waals surface area contributed by atoms with Crippen LogP contribution in [-0.4, -0.2) is 36.1 Å². The summed E-state index contributed by atoms with van der Waals surface area (Å²) in [6.07, 6.45) is 1.63. The van der Waals surface area contributed by atoms with Crippen LogP contribution in [0.15, 0.2) is 6.07 Å². The minimum absolute atomic E-state index is 0.00182. The topological polar surface area (TPSA) is 78.8 Å². The maximum Gasteiger partial charge on any atom is 0.309 e. The Balaban J connectivity index is 2.11. The van der Waals surface area contributed by atoms with E-state index in [1.807, 2.05) is 31.4 Å². The summed E-state index contributed by atoms with van der Waals surface area (Å²) in [4.78, 5) is 24.8. The molecule has 0 atom stereocenters. The number of likely N-dealkylation sites (tertiary alicyclic amines) is 1. The van der Waals surface area contributed by atoms with Gasteiger partial charge in [0, 0.05) is 18.5 Å². The van der Waals surface area contributed by atoms with Gasteiger partial charge in [0.2, 0.25) is 0 Å². The highest BCUT2D eigenvalue weighted by molar-refractivity contribution is 7.71. The summed E-state index contributed by atoms with van der Waals surface area (Å²) in [6, 6.07) is 1.95. The molecule has 1 aromatic rings. The van der Waals surface area contributed by atoms with Gasteiger partial charge in [0.25, 0.3) is 5.91 Å². The number of hydrogen-bond donors (Lipinski definition) is 2. The zero-order chi connectivity index (χ0) is 17.9. The molecule has 3 N–H and O–H groups in total. The maximum atomic E-state index is 11.8. The number of primary amides is 1. The summed E-state index contributed by atoms with van der Waals surface area (Å²) in [5.74, 6) is -0.570. The molecule has 1 fully saturated rings. The molecule has 24 heavy (non-hydrogen) atoms. The average molecular weight is 352 g/mol. The van der Waals surface area contributed by atoms with Crippen LogP contribution in [0.5, 0.6) is 0 Å². The lowest BCUT2D eigenvalue weighted by molar-refractivity contribution is -0.928. The van der Waals surface area contributed by atoms with Crippen LogP contribution in [0.1, 0.15) is 41.4 Å². The fourth-order valence-corrected chi connectivity index (χ4v) is 3.80. The third kappa shape index (κ3) is 4.02. The van der Waals surface area contributed by atoms with Crippen molar-refractivity contribution >= 4 is 24.1 Å². The first-order chi connectivity index (χ1) is 11.3. The molecule has 0 spiro atoms. The van der Waals surface area contributed by atoms with E-state index in [9.17, 15) is 9.59 Å². The predicted molar refractivity (Wildman–Crippen MR) is 93.3 cm³/mol. The van der Waals surface area contributed by atoms with Gasteiger partial charge < -0.3 is 15.4 Å². The highest BCUT2D eigenvalue weighted by atomic mass is 32.1.